The normalized spacial score (nSPS) is 15.6. The van der Waals surface area contributed by atoms with Crippen LogP contribution in [-0.4, -0.2) is 36.9 Å². The topological polar surface area (TPSA) is 23.6 Å². The van der Waals surface area contributed by atoms with E-state index in [4.69, 9.17) is 0 Å². The number of allylic oxidation sites excluding steroid dienone is 2. The second kappa shape index (κ2) is 7.14. The van der Waals surface area contributed by atoms with Crippen LogP contribution in [0.25, 0.3) is 0 Å². The Morgan fingerprint density at radius 3 is 2.04 bits per heavy atom. The lowest BCUT2D eigenvalue weighted by Gasteiger charge is -2.37. The molecule has 1 aliphatic rings. The van der Waals surface area contributed by atoms with Crippen molar-refractivity contribution in [3.05, 3.63) is 78.0 Å². The van der Waals surface area contributed by atoms with Crippen molar-refractivity contribution >= 4 is 11.5 Å². The van der Waals surface area contributed by atoms with Gasteiger partial charge in [-0.2, -0.15) is 0 Å². The number of carbonyl (C=O) groups is 1. The molecule has 0 atom stereocenters. The van der Waals surface area contributed by atoms with E-state index in [1.54, 1.807) is 6.08 Å². The Labute approximate surface area is 137 Å². The molecule has 2 aromatic rings. The molecule has 1 heterocycles. The van der Waals surface area contributed by atoms with Crippen LogP contribution in [0, 0.1) is 0 Å². The monoisotopic (exact) mass is 306 g/mol. The molecule has 0 spiro atoms. The number of nitrogens with zero attached hydrogens (tertiary/aromatic N) is 2. The molecule has 0 bridgehead atoms. The van der Waals surface area contributed by atoms with Gasteiger partial charge in [0.25, 0.3) is 0 Å². The van der Waals surface area contributed by atoms with Crippen molar-refractivity contribution in [3.63, 3.8) is 0 Å². The van der Waals surface area contributed by atoms with Crippen molar-refractivity contribution in [2.45, 2.75) is 6.92 Å². The third-order valence-electron chi connectivity index (χ3n) is 4.30. The summed E-state index contributed by atoms with van der Waals surface area (Å²) < 4.78 is 0. The Morgan fingerprint density at radius 1 is 0.870 bits per heavy atom. The summed E-state index contributed by atoms with van der Waals surface area (Å²) in [5, 5.41) is 0. The van der Waals surface area contributed by atoms with E-state index in [1.807, 2.05) is 43.3 Å². The summed E-state index contributed by atoms with van der Waals surface area (Å²) in [6.07, 6.45) is 1.76. The summed E-state index contributed by atoms with van der Waals surface area (Å²) in [4.78, 5) is 17.0. The highest BCUT2D eigenvalue weighted by Crippen LogP contribution is 2.17. The zero-order chi connectivity index (χ0) is 16.1. The van der Waals surface area contributed by atoms with E-state index in [0.717, 1.165) is 37.4 Å². The summed E-state index contributed by atoms with van der Waals surface area (Å²) >= 11 is 0. The fraction of sp³-hybridized carbons (Fsp3) is 0.250. The zero-order valence-electron chi connectivity index (χ0n) is 13.5. The molecule has 0 aliphatic carbocycles. The van der Waals surface area contributed by atoms with Gasteiger partial charge in [0.2, 0.25) is 0 Å². The number of anilines is 1. The SMILES string of the molecule is C/C(=C/C(=O)c1ccccc1)N1CCN(c2ccccc2)CC1. The van der Waals surface area contributed by atoms with Gasteiger partial charge in [-0.15, -0.1) is 0 Å². The predicted molar refractivity (Wildman–Crippen MR) is 94.8 cm³/mol. The van der Waals surface area contributed by atoms with Crippen molar-refractivity contribution in [1.29, 1.82) is 0 Å². The fourth-order valence-electron chi connectivity index (χ4n) is 2.92. The summed E-state index contributed by atoms with van der Waals surface area (Å²) in [6.45, 7) is 5.88. The lowest BCUT2D eigenvalue weighted by molar-refractivity contribution is 0.104. The van der Waals surface area contributed by atoms with Crippen LogP contribution in [0.2, 0.25) is 0 Å². The van der Waals surface area contributed by atoms with E-state index in [0.29, 0.717) is 0 Å². The minimum atomic E-state index is 0.0774. The van der Waals surface area contributed by atoms with Crippen LogP contribution in [0.15, 0.2) is 72.4 Å². The first-order valence-corrected chi connectivity index (χ1v) is 8.06. The second-order valence-electron chi connectivity index (χ2n) is 5.83. The summed E-state index contributed by atoms with van der Waals surface area (Å²) in [5.41, 5.74) is 3.07. The maximum absolute atomic E-state index is 12.3. The Balaban J connectivity index is 1.61. The number of carbonyl (C=O) groups excluding carboxylic acids is 1. The van der Waals surface area contributed by atoms with Gasteiger partial charge in [-0.3, -0.25) is 4.79 Å². The summed E-state index contributed by atoms with van der Waals surface area (Å²) in [5.74, 6) is 0.0774. The molecule has 0 saturated carbocycles. The zero-order valence-corrected chi connectivity index (χ0v) is 13.5. The van der Waals surface area contributed by atoms with Gasteiger partial charge in [0.15, 0.2) is 5.78 Å². The molecule has 0 N–H and O–H groups in total. The van der Waals surface area contributed by atoms with Gasteiger partial charge in [0.05, 0.1) is 0 Å². The van der Waals surface area contributed by atoms with Gasteiger partial charge in [0, 0.05) is 49.2 Å². The molecule has 23 heavy (non-hydrogen) atoms. The van der Waals surface area contributed by atoms with Gasteiger partial charge in [0.1, 0.15) is 0 Å². The third kappa shape index (κ3) is 3.81. The van der Waals surface area contributed by atoms with E-state index in [1.165, 1.54) is 5.69 Å². The highest BCUT2D eigenvalue weighted by atomic mass is 16.1. The average Bonchev–Trinajstić information content (AvgIpc) is 2.63. The standard InChI is InChI=1S/C20H22N2O/c1-17(16-20(23)18-8-4-2-5-9-18)21-12-14-22(15-13-21)19-10-6-3-7-11-19/h2-11,16H,12-15H2,1H3/b17-16-. The molecule has 0 aromatic heterocycles. The molecular formula is C20H22N2O. The van der Waals surface area contributed by atoms with Crippen molar-refractivity contribution < 1.29 is 4.79 Å². The maximum atomic E-state index is 12.3. The van der Waals surface area contributed by atoms with Gasteiger partial charge in [-0.25, -0.2) is 0 Å². The van der Waals surface area contributed by atoms with Crippen molar-refractivity contribution in [2.75, 3.05) is 31.1 Å². The first-order valence-electron chi connectivity index (χ1n) is 8.06. The first-order chi connectivity index (χ1) is 11.2. The van der Waals surface area contributed by atoms with Gasteiger partial charge >= 0.3 is 0 Å². The number of ketones is 1. The molecule has 2 aromatic carbocycles. The van der Waals surface area contributed by atoms with Gasteiger partial charge < -0.3 is 9.80 Å². The van der Waals surface area contributed by atoms with E-state index in [2.05, 4.69) is 34.1 Å². The second-order valence-corrected chi connectivity index (χ2v) is 5.83. The molecule has 3 nitrogen and oxygen atoms in total. The van der Waals surface area contributed by atoms with Crippen molar-refractivity contribution in [2.24, 2.45) is 0 Å². The number of rotatable bonds is 4. The predicted octanol–water partition coefficient (Wildman–Crippen LogP) is 3.60. The molecule has 3 rings (SSSR count). The third-order valence-corrected chi connectivity index (χ3v) is 4.30. The van der Waals surface area contributed by atoms with Crippen LogP contribution in [0.1, 0.15) is 17.3 Å². The Morgan fingerprint density at radius 2 is 1.43 bits per heavy atom. The van der Waals surface area contributed by atoms with E-state index >= 15 is 0 Å². The minimum Gasteiger partial charge on any atom is -0.371 e. The quantitative estimate of drug-likeness (QED) is 0.637. The first kappa shape index (κ1) is 15.3. The minimum absolute atomic E-state index is 0.0774. The van der Waals surface area contributed by atoms with Crippen LogP contribution in [0.5, 0.6) is 0 Å². The van der Waals surface area contributed by atoms with Crippen LogP contribution < -0.4 is 4.90 Å². The lowest BCUT2D eigenvalue weighted by Crippen LogP contribution is -2.45. The number of benzene rings is 2. The van der Waals surface area contributed by atoms with Crippen LogP contribution in [-0.2, 0) is 0 Å². The van der Waals surface area contributed by atoms with Crippen LogP contribution in [0.3, 0.4) is 0 Å². The van der Waals surface area contributed by atoms with Crippen LogP contribution in [0.4, 0.5) is 5.69 Å². The smallest absolute Gasteiger partial charge is 0.187 e. The molecule has 1 saturated heterocycles. The molecule has 118 valence electrons. The van der Waals surface area contributed by atoms with E-state index in [9.17, 15) is 4.79 Å². The van der Waals surface area contributed by atoms with E-state index < -0.39 is 0 Å². The number of piperazine rings is 1. The molecule has 1 fully saturated rings. The summed E-state index contributed by atoms with van der Waals surface area (Å²) in [7, 11) is 0. The fourth-order valence-corrected chi connectivity index (χ4v) is 2.92. The molecular weight excluding hydrogens is 284 g/mol. The Kier molecular flexibility index (Phi) is 4.77. The highest BCUT2D eigenvalue weighted by molar-refractivity contribution is 6.04. The maximum Gasteiger partial charge on any atom is 0.187 e. The molecule has 0 unspecified atom stereocenters. The van der Waals surface area contributed by atoms with Gasteiger partial charge in [-0.1, -0.05) is 48.5 Å². The lowest BCUT2D eigenvalue weighted by atomic mass is 10.1. The molecule has 1 aliphatic heterocycles. The van der Waals surface area contributed by atoms with Crippen molar-refractivity contribution in [1.82, 2.24) is 4.90 Å². The number of para-hydroxylation sites is 1. The Bertz CT molecular complexity index is 671. The van der Waals surface area contributed by atoms with Gasteiger partial charge in [-0.05, 0) is 19.1 Å². The number of hydrogen-bond donors (Lipinski definition) is 0. The molecule has 3 heteroatoms. The van der Waals surface area contributed by atoms with Crippen molar-refractivity contribution in [3.8, 4) is 0 Å². The highest BCUT2D eigenvalue weighted by Gasteiger charge is 2.17. The molecule has 0 amide bonds. The average molecular weight is 306 g/mol. The Hall–Kier alpha value is -2.55. The van der Waals surface area contributed by atoms with E-state index in [-0.39, 0.29) is 5.78 Å². The molecule has 0 radical (unpaired) electrons. The largest absolute Gasteiger partial charge is 0.371 e. The number of hydrogen-bond acceptors (Lipinski definition) is 3. The van der Waals surface area contributed by atoms with Crippen LogP contribution >= 0.6 is 0 Å². The summed E-state index contributed by atoms with van der Waals surface area (Å²) in [6, 6.07) is 19.9.